The van der Waals surface area contributed by atoms with Crippen LogP contribution in [0.25, 0.3) is 0 Å². The normalized spacial score (nSPS) is 22.3. The van der Waals surface area contributed by atoms with Gasteiger partial charge in [0.05, 0.1) is 0 Å². The number of amides is 4. The van der Waals surface area contributed by atoms with E-state index in [9.17, 15) is 23.2 Å². The Morgan fingerprint density at radius 1 is 1.23 bits per heavy atom. The van der Waals surface area contributed by atoms with Crippen LogP contribution in [-0.2, 0) is 9.59 Å². The van der Waals surface area contributed by atoms with Gasteiger partial charge in [0.15, 0.2) is 11.6 Å². The number of benzene rings is 1. The lowest BCUT2D eigenvalue weighted by atomic mass is 9.70. The van der Waals surface area contributed by atoms with E-state index in [4.69, 9.17) is 0 Å². The Bertz CT molecular complexity index is 747. The van der Waals surface area contributed by atoms with Crippen molar-refractivity contribution >= 4 is 23.5 Å². The third-order valence-corrected chi connectivity index (χ3v) is 5.22. The SMILES string of the molecule is CC1([C@@H]2NC(=O)N(CC(=O)Nc3ccc(F)c(F)c3)C2=O)CCCCC1. The lowest BCUT2D eigenvalue weighted by Crippen LogP contribution is -2.46. The van der Waals surface area contributed by atoms with E-state index in [1.807, 2.05) is 6.92 Å². The molecule has 0 bridgehead atoms. The number of imide groups is 1. The molecule has 0 aromatic heterocycles. The Balaban J connectivity index is 1.65. The molecule has 1 atom stereocenters. The quantitative estimate of drug-likeness (QED) is 0.806. The van der Waals surface area contributed by atoms with Gasteiger partial charge in [-0.3, -0.25) is 14.5 Å². The van der Waals surface area contributed by atoms with Crippen molar-refractivity contribution in [2.45, 2.75) is 45.1 Å². The molecule has 1 aromatic carbocycles. The summed E-state index contributed by atoms with van der Waals surface area (Å²) in [6.07, 6.45) is 4.82. The molecule has 140 valence electrons. The summed E-state index contributed by atoms with van der Waals surface area (Å²) in [7, 11) is 0. The second-order valence-corrected chi connectivity index (χ2v) is 7.20. The summed E-state index contributed by atoms with van der Waals surface area (Å²) in [5.41, 5.74) is -0.257. The van der Waals surface area contributed by atoms with Crippen molar-refractivity contribution < 1.29 is 23.2 Å². The first-order valence-electron chi connectivity index (χ1n) is 8.67. The van der Waals surface area contributed by atoms with Crippen LogP contribution in [-0.4, -0.2) is 35.3 Å². The van der Waals surface area contributed by atoms with Crippen LogP contribution in [0, 0.1) is 17.0 Å². The third kappa shape index (κ3) is 3.54. The average Bonchev–Trinajstić information content (AvgIpc) is 2.88. The maximum Gasteiger partial charge on any atom is 0.325 e. The molecular weight excluding hydrogens is 344 g/mol. The van der Waals surface area contributed by atoms with E-state index >= 15 is 0 Å². The molecule has 2 N–H and O–H groups in total. The second kappa shape index (κ2) is 7.01. The molecule has 0 spiro atoms. The standard InChI is InChI=1S/C18H21F2N3O3/c1-18(7-3-2-4-8-18)15-16(25)23(17(26)22-15)10-14(24)21-11-5-6-12(19)13(20)9-11/h5-6,9,15H,2-4,7-8,10H2,1H3,(H,21,24)(H,22,26)/t15-/m1/s1. The van der Waals surface area contributed by atoms with Crippen LogP contribution in [0.3, 0.4) is 0 Å². The number of carbonyl (C=O) groups is 3. The summed E-state index contributed by atoms with van der Waals surface area (Å²) >= 11 is 0. The van der Waals surface area contributed by atoms with E-state index in [2.05, 4.69) is 10.6 Å². The number of rotatable bonds is 4. The largest absolute Gasteiger partial charge is 0.325 e. The van der Waals surface area contributed by atoms with Gasteiger partial charge in [0.1, 0.15) is 12.6 Å². The number of urea groups is 1. The fourth-order valence-corrected chi connectivity index (χ4v) is 3.71. The highest BCUT2D eigenvalue weighted by molar-refractivity contribution is 6.08. The van der Waals surface area contributed by atoms with Crippen molar-refractivity contribution in [3.05, 3.63) is 29.8 Å². The molecule has 1 aromatic rings. The van der Waals surface area contributed by atoms with E-state index in [0.29, 0.717) is 0 Å². The number of nitrogens with one attached hydrogen (secondary N) is 2. The van der Waals surface area contributed by atoms with Gasteiger partial charge in [-0.05, 0) is 30.4 Å². The van der Waals surface area contributed by atoms with E-state index in [1.165, 1.54) is 6.07 Å². The molecule has 0 unspecified atom stereocenters. The number of halogens is 2. The molecule has 8 heteroatoms. The van der Waals surface area contributed by atoms with Crippen LogP contribution in [0.5, 0.6) is 0 Å². The molecular formula is C18H21F2N3O3. The van der Waals surface area contributed by atoms with E-state index in [0.717, 1.165) is 49.1 Å². The highest BCUT2D eigenvalue weighted by atomic mass is 19.2. The van der Waals surface area contributed by atoms with Gasteiger partial charge in [0.2, 0.25) is 5.91 Å². The van der Waals surface area contributed by atoms with Gasteiger partial charge in [-0.1, -0.05) is 26.2 Å². The van der Waals surface area contributed by atoms with Gasteiger partial charge in [-0.15, -0.1) is 0 Å². The van der Waals surface area contributed by atoms with Crippen molar-refractivity contribution in [3.63, 3.8) is 0 Å². The Kier molecular flexibility index (Phi) is 4.93. The molecule has 2 aliphatic rings. The van der Waals surface area contributed by atoms with Crippen molar-refractivity contribution in [1.29, 1.82) is 0 Å². The molecule has 4 amide bonds. The van der Waals surface area contributed by atoms with Crippen molar-refractivity contribution in [2.24, 2.45) is 5.41 Å². The number of hydrogen-bond donors (Lipinski definition) is 2. The van der Waals surface area contributed by atoms with Gasteiger partial charge in [-0.2, -0.15) is 0 Å². The second-order valence-electron chi connectivity index (χ2n) is 7.20. The molecule has 1 saturated carbocycles. The van der Waals surface area contributed by atoms with Crippen LogP contribution in [0.15, 0.2) is 18.2 Å². The first-order valence-corrected chi connectivity index (χ1v) is 8.67. The fourth-order valence-electron chi connectivity index (χ4n) is 3.71. The van der Waals surface area contributed by atoms with Gasteiger partial charge < -0.3 is 10.6 Å². The molecule has 3 rings (SSSR count). The maximum atomic E-state index is 13.2. The zero-order valence-corrected chi connectivity index (χ0v) is 14.5. The van der Waals surface area contributed by atoms with Gasteiger partial charge in [-0.25, -0.2) is 13.6 Å². The monoisotopic (exact) mass is 365 g/mol. The van der Waals surface area contributed by atoms with E-state index in [1.54, 1.807) is 0 Å². The number of hydrogen-bond acceptors (Lipinski definition) is 3. The molecule has 1 heterocycles. The van der Waals surface area contributed by atoms with Crippen molar-refractivity contribution in [2.75, 3.05) is 11.9 Å². The van der Waals surface area contributed by atoms with Gasteiger partial charge >= 0.3 is 6.03 Å². The minimum atomic E-state index is -1.09. The lowest BCUT2D eigenvalue weighted by Gasteiger charge is -2.37. The average molecular weight is 365 g/mol. The highest BCUT2D eigenvalue weighted by Crippen LogP contribution is 2.40. The Morgan fingerprint density at radius 3 is 2.58 bits per heavy atom. The molecule has 26 heavy (non-hydrogen) atoms. The van der Waals surface area contributed by atoms with Crippen LogP contribution in [0.4, 0.5) is 19.3 Å². The minimum Gasteiger partial charge on any atom is -0.325 e. The number of anilines is 1. The molecule has 1 saturated heterocycles. The summed E-state index contributed by atoms with van der Waals surface area (Å²) in [5, 5.41) is 5.06. The number of nitrogens with zero attached hydrogens (tertiary/aromatic N) is 1. The summed E-state index contributed by atoms with van der Waals surface area (Å²) in [6, 6.07) is 1.69. The lowest BCUT2D eigenvalue weighted by molar-refractivity contribution is -0.133. The molecule has 2 fully saturated rings. The van der Waals surface area contributed by atoms with E-state index < -0.39 is 42.1 Å². The van der Waals surface area contributed by atoms with E-state index in [-0.39, 0.29) is 11.1 Å². The van der Waals surface area contributed by atoms with Crippen LogP contribution >= 0.6 is 0 Å². The smallest absolute Gasteiger partial charge is 0.325 e. The fraction of sp³-hybridized carbons (Fsp3) is 0.500. The van der Waals surface area contributed by atoms with Crippen molar-refractivity contribution in [3.8, 4) is 0 Å². The zero-order valence-electron chi connectivity index (χ0n) is 14.5. The number of carbonyl (C=O) groups excluding carboxylic acids is 3. The summed E-state index contributed by atoms with van der Waals surface area (Å²) in [6.45, 7) is 1.51. The molecule has 6 nitrogen and oxygen atoms in total. The van der Waals surface area contributed by atoms with Gasteiger partial charge in [0.25, 0.3) is 5.91 Å². The summed E-state index contributed by atoms with van der Waals surface area (Å²) in [4.78, 5) is 37.8. The molecule has 1 aliphatic heterocycles. The molecule has 1 aliphatic carbocycles. The van der Waals surface area contributed by atoms with Crippen molar-refractivity contribution in [1.82, 2.24) is 10.2 Å². The zero-order chi connectivity index (χ0) is 18.9. The summed E-state index contributed by atoms with van der Waals surface area (Å²) < 4.78 is 26.1. The topological polar surface area (TPSA) is 78.5 Å². The Labute approximate surface area is 149 Å². The first kappa shape index (κ1) is 18.3. The molecule has 0 radical (unpaired) electrons. The maximum absolute atomic E-state index is 13.2. The first-order chi connectivity index (χ1) is 12.3. The Morgan fingerprint density at radius 2 is 1.92 bits per heavy atom. The predicted molar refractivity (Wildman–Crippen MR) is 90.2 cm³/mol. The van der Waals surface area contributed by atoms with Crippen LogP contribution in [0.1, 0.15) is 39.0 Å². The highest BCUT2D eigenvalue weighted by Gasteiger charge is 2.49. The van der Waals surface area contributed by atoms with Crippen LogP contribution in [0.2, 0.25) is 0 Å². The van der Waals surface area contributed by atoms with Crippen LogP contribution < -0.4 is 10.6 Å². The third-order valence-electron chi connectivity index (χ3n) is 5.22. The predicted octanol–water partition coefficient (Wildman–Crippen LogP) is 2.79. The Hall–Kier alpha value is -2.51. The van der Waals surface area contributed by atoms with Gasteiger partial charge in [0, 0.05) is 11.8 Å². The summed E-state index contributed by atoms with van der Waals surface area (Å²) in [5.74, 6) is -3.20. The minimum absolute atomic E-state index is 0.0525.